The summed E-state index contributed by atoms with van der Waals surface area (Å²) in [6.45, 7) is 7.05. The number of carboxylic acid groups (broad SMARTS) is 1. The zero-order chi connectivity index (χ0) is 12.1. The molecule has 0 aliphatic rings. The van der Waals surface area contributed by atoms with Crippen LogP contribution in [0.3, 0.4) is 0 Å². The number of rotatable bonds is 6. The summed E-state index contributed by atoms with van der Waals surface area (Å²) in [5.41, 5.74) is 2.08. The number of aryl methyl sites for hydroxylation is 2. The van der Waals surface area contributed by atoms with Crippen molar-refractivity contribution < 1.29 is 9.90 Å². The summed E-state index contributed by atoms with van der Waals surface area (Å²) in [5, 5.41) is 16.1. The van der Waals surface area contributed by atoms with Gasteiger partial charge in [-0.15, -0.1) is 0 Å². The van der Waals surface area contributed by atoms with Crippen molar-refractivity contribution in [2.75, 3.05) is 0 Å². The number of carbonyl (C=O) groups is 1. The van der Waals surface area contributed by atoms with Crippen molar-refractivity contribution in [1.29, 1.82) is 0 Å². The highest BCUT2D eigenvalue weighted by molar-refractivity contribution is 5.72. The standard InChI is InChI=1S/C11H19N3O2/c1-4-9-6-10(14(5-2)13-9)7-12-8(3)11(15)16/h6,8,12H,4-5,7H2,1-3H3,(H,15,16)/t8-/m1/s1. The van der Waals surface area contributed by atoms with Gasteiger partial charge in [-0.3, -0.25) is 14.8 Å². The highest BCUT2D eigenvalue weighted by Gasteiger charge is 2.11. The molecule has 0 aromatic carbocycles. The lowest BCUT2D eigenvalue weighted by atomic mass is 10.3. The van der Waals surface area contributed by atoms with Crippen molar-refractivity contribution in [2.24, 2.45) is 0 Å². The van der Waals surface area contributed by atoms with E-state index >= 15 is 0 Å². The minimum atomic E-state index is -0.835. The summed E-state index contributed by atoms with van der Waals surface area (Å²) in [4.78, 5) is 10.7. The van der Waals surface area contributed by atoms with E-state index in [2.05, 4.69) is 17.3 Å². The van der Waals surface area contributed by atoms with Gasteiger partial charge in [-0.25, -0.2) is 0 Å². The number of carboxylic acids is 1. The van der Waals surface area contributed by atoms with Gasteiger partial charge < -0.3 is 5.11 Å². The Morgan fingerprint density at radius 3 is 2.81 bits per heavy atom. The van der Waals surface area contributed by atoms with Crippen molar-refractivity contribution in [1.82, 2.24) is 15.1 Å². The second-order valence-corrected chi connectivity index (χ2v) is 3.74. The van der Waals surface area contributed by atoms with Crippen LogP contribution in [0.5, 0.6) is 0 Å². The Balaban J connectivity index is 2.65. The third kappa shape index (κ3) is 3.06. The summed E-state index contributed by atoms with van der Waals surface area (Å²) in [6.07, 6.45) is 0.897. The van der Waals surface area contributed by atoms with Crippen LogP contribution in [0, 0.1) is 0 Å². The van der Waals surface area contributed by atoms with Crippen LogP contribution in [0.2, 0.25) is 0 Å². The molecule has 1 aromatic heterocycles. The van der Waals surface area contributed by atoms with Crippen LogP contribution in [0.15, 0.2) is 6.07 Å². The van der Waals surface area contributed by atoms with Gasteiger partial charge in [0.05, 0.1) is 11.4 Å². The Hall–Kier alpha value is -1.36. The number of hydrogen-bond acceptors (Lipinski definition) is 3. The first-order valence-electron chi connectivity index (χ1n) is 5.60. The van der Waals surface area contributed by atoms with Gasteiger partial charge in [0.25, 0.3) is 0 Å². The average Bonchev–Trinajstić information content (AvgIpc) is 2.68. The quantitative estimate of drug-likeness (QED) is 0.758. The number of nitrogens with one attached hydrogen (secondary N) is 1. The molecule has 0 fully saturated rings. The van der Waals surface area contributed by atoms with Crippen LogP contribution in [0.25, 0.3) is 0 Å². The highest BCUT2D eigenvalue weighted by Crippen LogP contribution is 2.05. The maximum absolute atomic E-state index is 10.7. The topological polar surface area (TPSA) is 67.2 Å². The third-order valence-electron chi connectivity index (χ3n) is 2.54. The van der Waals surface area contributed by atoms with Crippen molar-refractivity contribution in [3.8, 4) is 0 Å². The van der Waals surface area contributed by atoms with Gasteiger partial charge in [-0.2, -0.15) is 5.10 Å². The minimum absolute atomic E-state index is 0.536. The van der Waals surface area contributed by atoms with E-state index in [9.17, 15) is 4.79 Å². The SMILES string of the molecule is CCc1cc(CN[C@H](C)C(=O)O)n(CC)n1. The lowest BCUT2D eigenvalue weighted by Crippen LogP contribution is -2.33. The summed E-state index contributed by atoms with van der Waals surface area (Å²) in [7, 11) is 0. The van der Waals surface area contributed by atoms with Crippen LogP contribution < -0.4 is 5.32 Å². The monoisotopic (exact) mass is 225 g/mol. The molecule has 0 saturated heterocycles. The van der Waals surface area contributed by atoms with Crippen molar-refractivity contribution in [3.63, 3.8) is 0 Å². The number of hydrogen-bond donors (Lipinski definition) is 2. The van der Waals surface area contributed by atoms with Gasteiger partial charge >= 0.3 is 5.97 Å². The Morgan fingerprint density at radius 2 is 2.31 bits per heavy atom. The van der Waals surface area contributed by atoms with E-state index in [0.717, 1.165) is 24.4 Å². The van der Waals surface area contributed by atoms with Gasteiger partial charge in [0.2, 0.25) is 0 Å². The number of aliphatic carboxylic acids is 1. The molecule has 0 aliphatic carbocycles. The second kappa shape index (κ2) is 5.65. The molecule has 5 nitrogen and oxygen atoms in total. The van der Waals surface area contributed by atoms with E-state index in [0.29, 0.717) is 6.54 Å². The predicted molar refractivity (Wildman–Crippen MR) is 61.2 cm³/mol. The molecule has 2 N–H and O–H groups in total. The van der Waals surface area contributed by atoms with E-state index in [1.165, 1.54) is 0 Å². The lowest BCUT2D eigenvalue weighted by Gasteiger charge is -2.09. The molecule has 0 amide bonds. The molecular formula is C11H19N3O2. The van der Waals surface area contributed by atoms with E-state index in [4.69, 9.17) is 5.11 Å². The summed E-state index contributed by atoms with van der Waals surface area (Å²) in [5.74, 6) is -0.835. The van der Waals surface area contributed by atoms with E-state index in [1.807, 2.05) is 17.7 Å². The largest absolute Gasteiger partial charge is 0.480 e. The first-order valence-corrected chi connectivity index (χ1v) is 5.60. The van der Waals surface area contributed by atoms with Crippen LogP contribution >= 0.6 is 0 Å². The Kier molecular flexibility index (Phi) is 4.49. The van der Waals surface area contributed by atoms with Crippen LogP contribution in [0.4, 0.5) is 0 Å². The van der Waals surface area contributed by atoms with E-state index in [-0.39, 0.29) is 0 Å². The molecule has 1 heterocycles. The van der Waals surface area contributed by atoms with Crippen molar-refractivity contribution in [3.05, 3.63) is 17.5 Å². The number of nitrogens with zero attached hydrogens (tertiary/aromatic N) is 2. The Morgan fingerprint density at radius 1 is 1.62 bits per heavy atom. The average molecular weight is 225 g/mol. The molecule has 0 saturated carbocycles. The molecule has 0 radical (unpaired) electrons. The van der Waals surface area contributed by atoms with Gasteiger partial charge in [-0.1, -0.05) is 6.92 Å². The maximum atomic E-state index is 10.7. The third-order valence-corrected chi connectivity index (χ3v) is 2.54. The van der Waals surface area contributed by atoms with E-state index < -0.39 is 12.0 Å². The van der Waals surface area contributed by atoms with Crippen LogP contribution in [0.1, 0.15) is 32.2 Å². The fourth-order valence-electron chi connectivity index (χ4n) is 1.45. The fraction of sp³-hybridized carbons (Fsp3) is 0.636. The van der Waals surface area contributed by atoms with E-state index in [1.54, 1.807) is 6.92 Å². The first kappa shape index (κ1) is 12.7. The predicted octanol–water partition coefficient (Wildman–Crippen LogP) is 1.03. The molecule has 0 unspecified atom stereocenters. The Bertz CT molecular complexity index is 360. The summed E-state index contributed by atoms with van der Waals surface area (Å²) >= 11 is 0. The molecule has 16 heavy (non-hydrogen) atoms. The maximum Gasteiger partial charge on any atom is 0.320 e. The molecule has 1 aromatic rings. The zero-order valence-electron chi connectivity index (χ0n) is 10.0. The molecule has 1 rings (SSSR count). The minimum Gasteiger partial charge on any atom is -0.480 e. The molecule has 90 valence electrons. The van der Waals surface area contributed by atoms with Gasteiger partial charge in [-0.05, 0) is 26.3 Å². The first-order chi connectivity index (χ1) is 7.58. The molecule has 0 bridgehead atoms. The van der Waals surface area contributed by atoms with Gasteiger partial charge in [0.1, 0.15) is 6.04 Å². The highest BCUT2D eigenvalue weighted by atomic mass is 16.4. The molecular weight excluding hydrogens is 206 g/mol. The van der Waals surface area contributed by atoms with Crippen LogP contribution in [-0.4, -0.2) is 26.9 Å². The van der Waals surface area contributed by atoms with Crippen molar-refractivity contribution in [2.45, 2.75) is 46.3 Å². The van der Waals surface area contributed by atoms with Gasteiger partial charge in [0, 0.05) is 13.1 Å². The molecule has 0 spiro atoms. The van der Waals surface area contributed by atoms with Crippen molar-refractivity contribution >= 4 is 5.97 Å². The Labute approximate surface area is 95.5 Å². The zero-order valence-corrected chi connectivity index (χ0v) is 10.0. The molecule has 1 atom stereocenters. The lowest BCUT2D eigenvalue weighted by molar-refractivity contribution is -0.139. The fourth-order valence-corrected chi connectivity index (χ4v) is 1.45. The van der Waals surface area contributed by atoms with Gasteiger partial charge in [0.15, 0.2) is 0 Å². The normalized spacial score (nSPS) is 12.7. The van der Waals surface area contributed by atoms with Crippen LogP contribution in [-0.2, 0) is 24.3 Å². The summed E-state index contributed by atoms with van der Waals surface area (Å²) < 4.78 is 1.90. The second-order valence-electron chi connectivity index (χ2n) is 3.74. The molecule has 0 aliphatic heterocycles. The number of aromatic nitrogens is 2. The summed E-state index contributed by atoms with van der Waals surface area (Å²) in [6, 6.07) is 1.48. The molecule has 5 heteroatoms. The smallest absolute Gasteiger partial charge is 0.320 e.